The van der Waals surface area contributed by atoms with Crippen LogP contribution in [0.5, 0.6) is 0 Å². The van der Waals surface area contributed by atoms with Crippen LogP contribution in [0.4, 0.5) is 20.2 Å². The summed E-state index contributed by atoms with van der Waals surface area (Å²) in [5.41, 5.74) is 5.21. The normalized spacial score (nSPS) is 11.5. The van der Waals surface area contributed by atoms with Crippen LogP contribution in [0.1, 0.15) is 17.2 Å². The van der Waals surface area contributed by atoms with Crippen LogP contribution in [-0.4, -0.2) is 4.98 Å². The first-order chi connectivity index (χ1) is 15.9. The lowest BCUT2D eigenvalue weighted by Crippen LogP contribution is -2.34. The van der Waals surface area contributed by atoms with E-state index in [1.807, 2.05) is 0 Å². The first-order valence-electron chi connectivity index (χ1n) is 9.62. The van der Waals surface area contributed by atoms with Crippen molar-refractivity contribution < 1.29 is 8.78 Å². The number of benzene rings is 3. The molecule has 0 aliphatic carbocycles. The highest BCUT2D eigenvalue weighted by atomic mass is 35.5. The minimum Gasteiger partial charge on any atom is -0.297 e. The van der Waals surface area contributed by atoms with E-state index in [4.69, 9.17) is 29.6 Å². The Morgan fingerprint density at radius 3 is 2.45 bits per heavy atom. The van der Waals surface area contributed by atoms with Gasteiger partial charge < -0.3 is 0 Å². The number of pyridine rings is 1. The molecule has 0 saturated carbocycles. The second-order valence-corrected chi connectivity index (χ2v) is 7.81. The van der Waals surface area contributed by atoms with Crippen LogP contribution in [0.25, 0.3) is 10.9 Å². The maximum Gasteiger partial charge on any atom is 0.141 e. The molecule has 0 unspecified atom stereocenters. The van der Waals surface area contributed by atoms with Crippen molar-refractivity contribution in [3.8, 4) is 18.4 Å². The summed E-state index contributed by atoms with van der Waals surface area (Å²) in [6.45, 7) is 0. The summed E-state index contributed by atoms with van der Waals surface area (Å²) in [6.07, 6.45) is 7.32. The van der Waals surface area contributed by atoms with Crippen molar-refractivity contribution in [2.75, 3.05) is 10.4 Å². The fourth-order valence-corrected chi connectivity index (χ4v) is 3.84. The van der Waals surface area contributed by atoms with Gasteiger partial charge in [0.2, 0.25) is 0 Å². The number of terminal acetylenes is 1. The second kappa shape index (κ2) is 9.34. The first kappa shape index (κ1) is 22.4. The smallest absolute Gasteiger partial charge is 0.141 e. The summed E-state index contributed by atoms with van der Waals surface area (Å²) >= 11 is 12.3. The third-order valence-electron chi connectivity index (χ3n) is 4.95. The topological polar surface area (TPSA) is 52.0 Å². The number of anilines is 2. The molecule has 33 heavy (non-hydrogen) atoms. The van der Waals surface area contributed by atoms with E-state index in [0.717, 1.165) is 0 Å². The number of hydrazine groups is 1. The van der Waals surface area contributed by atoms with E-state index in [1.165, 1.54) is 36.5 Å². The molecule has 0 aliphatic rings. The quantitative estimate of drug-likeness (QED) is 0.250. The number of hydrogen-bond donors (Lipinski definition) is 1. The maximum atomic E-state index is 13.8. The summed E-state index contributed by atoms with van der Waals surface area (Å²) in [6, 6.07) is 16.3. The number of fused-ring (bicyclic) bond motifs is 1. The largest absolute Gasteiger partial charge is 0.297 e. The molecule has 4 aromatic rings. The molecular weight excluding hydrogens is 465 g/mol. The Morgan fingerprint density at radius 1 is 1.03 bits per heavy atom. The number of nitrogens with one attached hydrogen (secondary N) is 1. The molecule has 0 aliphatic heterocycles. The van der Waals surface area contributed by atoms with Crippen LogP contribution in [-0.2, 0) is 0 Å². The van der Waals surface area contributed by atoms with Crippen molar-refractivity contribution in [3.63, 3.8) is 0 Å². The second-order valence-electron chi connectivity index (χ2n) is 7.00. The highest BCUT2D eigenvalue weighted by molar-refractivity contribution is 6.35. The highest BCUT2D eigenvalue weighted by Crippen LogP contribution is 2.37. The predicted octanol–water partition coefficient (Wildman–Crippen LogP) is 6.90. The molecule has 0 bridgehead atoms. The fourth-order valence-electron chi connectivity index (χ4n) is 3.43. The minimum absolute atomic E-state index is 0.0953. The van der Waals surface area contributed by atoms with Gasteiger partial charge in [-0.2, -0.15) is 5.26 Å². The van der Waals surface area contributed by atoms with Crippen LogP contribution >= 0.6 is 23.2 Å². The molecule has 3 aromatic carbocycles. The van der Waals surface area contributed by atoms with Gasteiger partial charge in [-0.05, 0) is 42.0 Å². The van der Waals surface area contributed by atoms with Crippen molar-refractivity contribution in [1.82, 2.24) is 4.98 Å². The summed E-state index contributed by atoms with van der Waals surface area (Å²) in [4.78, 5) is 4.32. The van der Waals surface area contributed by atoms with Crippen molar-refractivity contribution in [2.24, 2.45) is 0 Å². The van der Waals surface area contributed by atoms with E-state index in [0.29, 0.717) is 32.9 Å². The molecule has 4 nitrogen and oxygen atoms in total. The van der Waals surface area contributed by atoms with Crippen molar-refractivity contribution in [3.05, 3.63) is 99.7 Å². The lowest BCUT2D eigenvalue weighted by molar-refractivity contribution is 0.626. The Bertz CT molecular complexity index is 1430. The summed E-state index contributed by atoms with van der Waals surface area (Å²) in [5.74, 6) is 1.68. The molecule has 162 valence electrons. The maximum absolute atomic E-state index is 13.8. The lowest BCUT2D eigenvalue weighted by Gasteiger charge is -2.33. The van der Waals surface area contributed by atoms with Gasteiger partial charge in [-0.25, -0.2) is 8.78 Å². The highest BCUT2D eigenvalue weighted by Gasteiger charge is 2.25. The number of nitriles is 1. The predicted molar refractivity (Wildman–Crippen MR) is 127 cm³/mol. The number of hydrogen-bond acceptors (Lipinski definition) is 4. The van der Waals surface area contributed by atoms with Crippen LogP contribution in [0.15, 0.2) is 66.9 Å². The number of nitrogens with zero attached hydrogens (tertiary/aromatic N) is 3. The Hall–Kier alpha value is -3.84. The molecule has 1 aromatic heterocycles. The van der Waals surface area contributed by atoms with Gasteiger partial charge in [0.25, 0.3) is 0 Å². The molecule has 0 spiro atoms. The van der Waals surface area contributed by atoms with E-state index in [2.05, 4.69) is 22.4 Å². The summed E-state index contributed by atoms with van der Waals surface area (Å²) < 4.78 is 27.3. The van der Waals surface area contributed by atoms with Gasteiger partial charge in [-0.1, -0.05) is 53.4 Å². The Kier molecular flexibility index (Phi) is 6.33. The molecule has 8 heteroatoms. The van der Waals surface area contributed by atoms with Gasteiger partial charge in [0.1, 0.15) is 23.7 Å². The zero-order valence-electron chi connectivity index (χ0n) is 16.9. The van der Waals surface area contributed by atoms with Crippen molar-refractivity contribution >= 4 is 45.5 Å². The minimum atomic E-state index is -0.800. The third kappa shape index (κ3) is 4.40. The lowest BCUT2D eigenvalue weighted by atomic mass is 10.0. The molecule has 1 N–H and O–H groups in total. The van der Waals surface area contributed by atoms with Crippen LogP contribution < -0.4 is 10.4 Å². The van der Waals surface area contributed by atoms with Crippen molar-refractivity contribution in [2.45, 2.75) is 6.04 Å². The fraction of sp³-hybridized carbons (Fsp3) is 0.0400. The van der Waals surface area contributed by atoms with E-state index in [9.17, 15) is 14.0 Å². The monoisotopic (exact) mass is 478 g/mol. The molecule has 4 rings (SSSR count). The molecule has 1 heterocycles. The van der Waals surface area contributed by atoms with Crippen molar-refractivity contribution in [1.29, 1.82) is 5.26 Å². The molecular formula is C25H14Cl2F2N4. The Morgan fingerprint density at radius 2 is 1.79 bits per heavy atom. The standard InChI is InChI=1S/C25H14Cl2F2N4/c1-2-23(15-6-8-17(28)9-7-15)33(32-18-10-11-22(29)21(27)12-18)25-16(13-30)14-31-24-19(25)4-3-5-20(24)26/h1,3-12,14,23,32H/t23-/m1/s1. The van der Waals surface area contributed by atoms with Gasteiger partial charge >= 0.3 is 0 Å². The number of para-hydroxylation sites is 1. The first-order valence-corrected chi connectivity index (χ1v) is 10.4. The number of halogens is 4. The SMILES string of the molecule is C#C[C@H](c1ccc(F)cc1)N(Nc1ccc(F)c(Cl)c1)c1c(C#N)cnc2c(Cl)cccc12. The van der Waals surface area contributed by atoms with Gasteiger partial charge in [0.05, 0.1) is 32.5 Å². The van der Waals surface area contributed by atoms with E-state index in [1.54, 1.807) is 35.3 Å². The number of aromatic nitrogens is 1. The van der Waals surface area contributed by atoms with Crippen LogP contribution in [0, 0.1) is 35.3 Å². The van der Waals surface area contributed by atoms with E-state index in [-0.39, 0.29) is 10.6 Å². The molecule has 1 atom stereocenters. The molecule has 0 amide bonds. The van der Waals surface area contributed by atoms with Gasteiger partial charge in [-0.15, -0.1) is 6.42 Å². The van der Waals surface area contributed by atoms with Gasteiger partial charge in [-0.3, -0.25) is 15.4 Å². The average Bonchev–Trinajstić information content (AvgIpc) is 2.82. The van der Waals surface area contributed by atoms with Crippen LogP contribution in [0.3, 0.4) is 0 Å². The van der Waals surface area contributed by atoms with Gasteiger partial charge in [0.15, 0.2) is 0 Å². The molecule has 0 radical (unpaired) electrons. The molecule has 0 saturated heterocycles. The van der Waals surface area contributed by atoms with Crippen LogP contribution in [0.2, 0.25) is 10.0 Å². The Labute approximate surface area is 199 Å². The zero-order chi connectivity index (χ0) is 23.5. The number of rotatable bonds is 5. The van der Waals surface area contributed by atoms with E-state index >= 15 is 0 Å². The van der Waals surface area contributed by atoms with Gasteiger partial charge in [0, 0.05) is 11.6 Å². The Balaban J connectivity index is 1.97. The zero-order valence-corrected chi connectivity index (χ0v) is 18.4. The third-order valence-corrected chi connectivity index (χ3v) is 5.55. The molecule has 0 fully saturated rings. The summed E-state index contributed by atoms with van der Waals surface area (Å²) in [5, 5.41) is 12.3. The van der Waals surface area contributed by atoms with E-state index < -0.39 is 17.7 Å². The summed E-state index contributed by atoms with van der Waals surface area (Å²) in [7, 11) is 0. The average molecular weight is 479 g/mol.